The van der Waals surface area contributed by atoms with Crippen molar-refractivity contribution in [2.75, 3.05) is 30.8 Å². The van der Waals surface area contributed by atoms with Crippen molar-refractivity contribution < 1.29 is 14.6 Å². The minimum atomic E-state index is -0.884. The minimum Gasteiger partial charge on any atom is -0.464 e. The van der Waals surface area contributed by atoms with Crippen molar-refractivity contribution in [1.29, 1.82) is 0 Å². The zero-order valence-electron chi connectivity index (χ0n) is 11.8. The number of anilines is 2. The van der Waals surface area contributed by atoms with Gasteiger partial charge in [-0.25, -0.2) is 9.78 Å². The molecule has 0 aromatic carbocycles. The van der Waals surface area contributed by atoms with Gasteiger partial charge in [0.15, 0.2) is 11.5 Å². The first-order valence-corrected chi connectivity index (χ1v) is 6.10. The van der Waals surface area contributed by atoms with Gasteiger partial charge < -0.3 is 20.5 Å². The standard InChI is InChI=1S/C13H21N3O3/c1-5-16(8-13(2,3)18)11-9(14)6-7-10(15-11)12(17)19-4/h6-7,18H,5,8,14H2,1-4H3. The van der Waals surface area contributed by atoms with Crippen LogP contribution in [0, 0.1) is 0 Å². The fraction of sp³-hybridized carbons (Fsp3) is 0.538. The van der Waals surface area contributed by atoms with E-state index in [4.69, 9.17) is 5.73 Å². The van der Waals surface area contributed by atoms with E-state index >= 15 is 0 Å². The van der Waals surface area contributed by atoms with Gasteiger partial charge in [0.05, 0.1) is 18.4 Å². The second-order valence-corrected chi connectivity index (χ2v) is 4.93. The molecule has 0 amide bonds. The Kier molecular flexibility index (Phi) is 4.72. The molecule has 0 radical (unpaired) electrons. The summed E-state index contributed by atoms with van der Waals surface area (Å²) in [5.74, 6) is -0.0342. The van der Waals surface area contributed by atoms with E-state index in [1.54, 1.807) is 19.9 Å². The lowest BCUT2D eigenvalue weighted by Crippen LogP contribution is -2.39. The highest BCUT2D eigenvalue weighted by Gasteiger charge is 2.21. The number of carbonyl (C=O) groups excluding carboxylic acids is 1. The average Bonchev–Trinajstić information content (AvgIpc) is 2.34. The highest BCUT2D eigenvalue weighted by molar-refractivity contribution is 5.88. The zero-order valence-corrected chi connectivity index (χ0v) is 11.8. The molecule has 1 aromatic rings. The molecule has 6 nitrogen and oxygen atoms in total. The summed E-state index contributed by atoms with van der Waals surface area (Å²) in [6.07, 6.45) is 0. The molecule has 0 aliphatic heterocycles. The highest BCUT2D eigenvalue weighted by Crippen LogP contribution is 2.22. The summed E-state index contributed by atoms with van der Waals surface area (Å²) < 4.78 is 4.64. The molecule has 106 valence electrons. The number of carbonyl (C=O) groups is 1. The number of methoxy groups -OCH3 is 1. The van der Waals surface area contributed by atoms with Crippen LogP contribution in [0.1, 0.15) is 31.3 Å². The molecule has 0 atom stereocenters. The third-order valence-electron chi connectivity index (χ3n) is 2.56. The molecule has 0 saturated heterocycles. The quantitative estimate of drug-likeness (QED) is 0.775. The fourth-order valence-electron chi connectivity index (χ4n) is 1.73. The summed E-state index contributed by atoms with van der Waals surface area (Å²) in [5.41, 5.74) is 5.66. The number of nitrogens with two attached hydrogens (primary N) is 1. The van der Waals surface area contributed by atoms with E-state index in [1.807, 2.05) is 11.8 Å². The number of rotatable bonds is 5. The summed E-state index contributed by atoms with van der Waals surface area (Å²) in [5, 5.41) is 9.89. The zero-order chi connectivity index (χ0) is 14.6. The van der Waals surface area contributed by atoms with Crippen LogP contribution < -0.4 is 10.6 Å². The van der Waals surface area contributed by atoms with Crippen molar-refractivity contribution >= 4 is 17.5 Å². The maximum atomic E-state index is 11.5. The largest absolute Gasteiger partial charge is 0.464 e. The van der Waals surface area contributed by atoms with Crippen LogP contribution in [0.4, 0.5) is 11.5 Å². The molecule has 19 heavy (non-hydrogen) atoms. The van der Waals surface area contributed by atoms with E-state index in [-0.39, 0.29) is 5.69 Å². The van der Waals surface area contributed by atoms with Gasteiger partial charge in [0, 0.05) is 13.1 Å². The van der Waals surface area contributed by atoms with E-state index in [2.05, 4.69) is 9.72 Å². The lowest BCUT2D eigenvalue weighted by atomic mass is 10.1. The summed E-state index contributed by atoms with van der Waals surface area (Å²) in [6, 6.07) is 3.13. The summed E-state index contributed by atoms with van der Waals surface area (Å²) in [4.78, 5) is 17.5. The second-order valence-electron chi connectivity index (χ2n) is 4.93. The number of likely N-dealkylation sites (N-methyl/N-ethyl adjacent to an activating group) is 1. The third kappa shape index (κ3) is 4.10. The van der Waals surface area contributed by atoms with Crippen molar-refractivity contribution in [2.45, 2.75) is 26.4 Å². The molecule has 0 saturated carbocycles. The third-order valence-corrected chi connectivity index (χ3v) is 2.56. The van der Waals surface area contributed by atoms with Gasteiger partial charge in [0.2, 0.25) is 0 Å². The molecule has 1 aromatic heterocycles. The second kappa shape index (κ2) is 5.88. The van der Waals surface area contributed by atoms with Crippen molar-refractivity contribution in [3.63, 3.8) is 0 Å². The van der Waals surface area contributed by atoms with Crippen LogP contribution in [-0.2, 0) is 4.74 Å². The van der Waals surface area contributed by atoms with Gasteiger partial charge in [-0.05, 0) is 32.9 Å². The molecule has 0 fully saturated rings. The number of esters is 1. The number of nitrogens with zero attached hydrogens (tertiary/aromatic N) is 2. The SMILES string of the molecule is CCN(CC(C)(C)O)c1nc(C(=O)OC)ccc1N. The molecule has 0 unspecified atom stereocenters. The topological polar surface area (TPSA) is 88.7 Å². The highest BCUT2D eigenvalue weighted by atomic mass is 16.5. The Morgan fingerprint density at radius 2 is 2.16 bits per heavy atom. The Balaban J connectivity index is 3.12. The normalized spacial score (nSPS) is 11.2. The van der Waals surface area contributed by atoms with Gasteiger partial charge in [-0.15, -0.1) is 0 Å². The van der Waals surface area contributed by atoms with Crippen LogP contribution >= 0.6 is 0 Å². The lowest BCUT2D eigenvalue weighted by molar-refractivity contribution is 0.0594. The molecular formula is C13H21N3O3. The van der Waals surface area contributed by atoms with Gasteiger partial charge in [-0.2, -0.15) is 0 Å². The van der Waals surface area contributed by atoms with E-state index < -0.39 is 11.6 Å². The van der Waals surface area contributed by atoms with Gasteiger partial charge in [0.25, 0.3) is 0 Å². The maximum Gasteiger partial charge on any atom is 0.356 e. The van der Waals surface area contributed by atoms with Crippen molar-refractivity contribution in [2.24, 2.45) is 0 Å². The van der Waals surface area contributed by atoms with Crippen LogP contribution in [0.5, 0.6) is 0 Å². The minimum absolute atomic E-state index is 0.195. The van der Waals surface area contributed by atoms with E-state index in [1.165, 1.54) is 13.2 Å². The van der Waals surface area contributed by atoms with E-state index in [0.29, 0.717) is 24.6 Å². The van der Waals surface area contributed by atoms with Crippen LogP contribution in [0.3, 0.4) is 0 Å². The number of aromatic nitrogens is 1. The van der Waals surface area contributed by atoms with Crippen molar-refractivity contribution in [1.82, 2.24) is 4.98 Å². The monoisotopic (exact) mass is 267 g/mol. The molecule has 3 N–H and O–H groups in total. The Bertz CT molecular complexity index is 455. The van der Waals surface area contributed by atoms with Crippen LogP contribution in [0.2, 0.25) is 0 Å². The maximum absolute atomic E-state index is 11.5. The molecular weight excluding hydrogens is 246 g/mol. The van der Waals surface area contributed by atoms with Gasteiger partial charge in [-0.3, -0.25) is 0 Å². The molecule has 0 bridgehead atoms. The fourth-order valence-corrected chi connectivity index (χ4v) is 1.73. The summed E-state index contributed by atoms with van der Waals surface area (Å²) in [7, 11) is 1.30. The molecule has 6 heteroatoms. The van der Waals surface area contributed by atoms with Crippen molar-refractivity contribution in [3.05, 3.63) is 17.8 Å². The summed E-state index contributed by atoms with van der Waals surface area (Å²) >= 11 is 0. The van der Waals surface area contributed by atoms with Gasteiger partial charge >= 0.3 is 5.97 Å². The van der Waals surface area contributed by atoms with Crippen LogP contribution in [-0.4, -0.2) is 41.9 Å². The Labute approximate surface area is 113 Å². The van der Waals surface area contributed by atoms with Gasteiger partial charge in [0.1, 0.15) is 0 Å². The average molecular weight is 267 g/mol. The molecule has 0 aliphatic rings. The molecule has 1 heterocycles. The molecule has 0 aliphatic carbocycles. The first kappa shape index (κ1) is 15.2. The van der Waals surface area contributed by atoms with Crippen LogP contribution in [0.15, 0.2) is 12.1 Å². The van der Waals surface area contributed by atoms with E-state index in [0.717, 1.165) is 0 Å². The first-order valence-electron chi connectivity index (χ1n) is 6.10. The Morgan fingerprint density at radius 3 is 2.63 bits per heavy atom. The number of aliphatic hydroxyl groups is 1. The predicted molar refractivity (Wildman–Crippen MR) is 74.2 cm³/mol. The smallest absolute Gasteiger partial charge is 0.356 e. The molecule has 0 spiro atoms. The Morgan fingerprint density at radius 1 is 1.53 bits per heavy atom. The number of hydrogen-bond donors (Lipinski definition) is 2. The summed E-state index contributed by atoms with van der Waals surface area (Å²) in [6.45, 7) is 6.32. The first-order chi connectivity index (χ1) is 8.78. The number of hydrogen-bond acceptors (Lipinski definition) is 6. The molecule has 1 rings (SSSR count). The van der Waals surface area contributed by atoms with Crippen molar-refractivity contribution in [3.8, 4) is 0 Å². The van der Waals surface area contributed by atoms with Crippen LogP contribution in [0.25, 0.3) is 0 Å². The van der Waals surface area contributed by atoms with E-state index in [9.17, 15) is 9.90 Å². The predicted octanol–water partition coefficient (Wildman–Crippen LogP) is 1.05. The lowest BCUT2D eigenvalue weighted by Gasteiger charge is -2.29. The number of pyridine rings is 1. The number of ether oxygens (including phenoxy) is 1. The number of nitrogen functional groups attached to an aromatic ring is 1. The van der Waals surface area contributed by atoms with Gasteiger partial charge in [-0.1, -0.05) is 0 Å². The Hall–Kier alpha value is -1.82.